The lowest BCUT2D eigenvalue weighted by molar-refractivity contribution is -0.159. The van der Waals surface area contributed by atoms with Gasteiger partial charge in [0.25, 0.3) is 0 Å². The first-order valence-corrected chi connectivity index (χ1v) is 11.6. The van der Waals surface area contributed by atoms with Crippen LogP contribution in [-0.2, 0) is 20.7 Å². The number of amides is 1. The average molecular weight is 476 g/mol. The molecule has 2 aromatic rings. The zero-order valence-corrected chi connectivity index (χ0v) is 20.2. The first-order valence-electron chi connectivity index (χ1n) is 11.2. The van der Waals surface area contributed by atoms with Crippen molar-refractivity contribution in [3.05, 3.63) is 29.2 Å². The molecule has 4 heterocycles. The van der Waals surface area contributed by atoms with E-state index in [0.29, 0.717) is 42.8 Å². The van der Waals surface area contributed by atoms with Gasteiger partial charge in [0.1, 0.15) is 11.6 Å². The maximum Gasteiger partial charge on any atom is 0.329 e. The van der Waals surface area contributed by atoms with Crippen LogP contribution in [0.25, 0.3) is 11.3 Å². The van der Waals surface area contributed by atoms with Crippen LogP contribution < -0.4 is 5.32 Å². The van der Waals surface area contributed by atoms with E-state index in [1.165, 1.54) is 4.90 Å². The highest BCUT2D eigenvalue weighted by Crippen LogP contribution is 2.30. The van der Waals surface area contributed by atoms with Crippen LogP contribution >= 0.6 is 11.6 Å². The Morgan fingerprint density at radius 1 is 1.33 bits per heavy atom. The predicted octanol–water partition coefficient (Wildman–Crippen LogP) is 3.75. The van der Waals surface area contributed by atoms with E-state index in [2.05, 4.69) is 15.3 Å². The van der Waals surface area contributed by atoms with Gasteiger partial charge >= 0.3 is 12.0 Å². The van der Waals surface area contributed by atoms with Gasteiger partial charge in [-0.05, 0) is 46.6 Å². The summed E-state index contributed by atoms with van der Waals surface area (Å²) in [6.45, 7) is 8.97. The summed E-state index contributed by atoms with van der Waals surface area (Å²) in [4.78, 5) is 36.2. The van der Waals surface area contributed by atoms with Crippen molar-refractivity contribution in [2.75, 3.05) is 25.1 Å². The normalized spacial score (nSPS) is 18.1. The lowest BCUT2D eigenvalue weighted by Crippen LogP contribution is -2.50. The summed E-state index contributed by atoms with van der Waals surface area (Å²) in [6.07, 6.45) is 5.68. The monoisotopic (exact) mass is 475 g/mol. The molecule has 1 atom stereocenters. The number of fused-ring (bicyclic) bond motifs is 1. The molecule has 1 N–H and O–H groups in total. The molecule has 2 aliphatic rings. The van der Waals surface area contributed by atoms with Gasteiger partial charge in [-0.25, -0.2) is 19.6 Å². The molecular weight excluding hydrogens is 446 g/mol. The molecule has 1 fully saturated rings. The Bertz CT molecular complexity index is 1040. The van der Waals surface area contributed by atoms with Crippen LogP contribution in [0.2, 0.25) is 5.02 Å². The Balaban J connectivity index is 1.54. The molecule has 33 heavy (non-hydrogen) atoms. The number of hydrogen-bond acceptors (Lipinski definition) is 7. The van der Waals surface area contributed by atoms with Crippen molar-refractivity contribution in [3.8, 4) is 11.3 Å². The molecule has 1 amide bonds. The number of esters is 1. The van der Waals surface area contributed by atoms with Crippen molar-refractivity contribution in [2.45, 2.75) is 64.6 Å². The molecule has 0 spiro atoms. The number of hydrogen-bond donors (Lipinski definition) is 1. The molecule has 0 aliphatic carbocycles. The number of carbonyl (C=O) groups is 2. The van der Waals surface area contributed by atoms with E-state index in [-0.39, 0.29) is 12.1 Å². The summed E-state index contributed by atoms with van der Waals surface area (Å²) in [5.41, 5.74) is 1.52. The summed E-state index contributed by atoms with van der Waals surface area (Å²) < 4.78 is 12.4. The molecule has 0 bridgehead atoms. The van der Waals surface area contributed by atoms with Gasteiger partial charge in [0.15, 0.2) is 0 Å². The molecule has 0 unspecified atom stereocenters. The van der Waals surface area contributed by atoms with Gasteiger partial charge in [0.05, 0.1) is 16.9 Å². The summed E-state index contributed by atoms with van der Waals surface area (Å²) in [7, 11) is 0. The Morgan fingerprint density at radius 3 is 2.76 bits per heavy atom. The second kappa shape index (κ2) is 9.30. The summed E-state index contributed by atoms with van der Waals surface area (Å²) in [5, 5.41) is 3.75. The van der Waals surface area contributed by atoms with Crippen LogP contribution in [0.1, 0.15) is 46.2 Å². The fraction of sp³-hybridized carbons (Fsp3) is 0.565. The van der Waals surface area contributed by atoms with Crippen molar-refractivity contribution in [3.63, 3.8) is 0 Å². The van der Waals surface area contributed by atoms with Gasteiger partial charge in [-0.15, -0.1) is 0 Å². The Labute approximate surface area is 198 Å². The second-order valence-electron chi connectivity index (χ2n) is 9.45. The smallest absolute Gasteiger partial charge is 0.329 e. The maximum atomic E-state index is 13.2. The van der Waals surface area contributed by atoms with E-state index in [9.17, 15) is 9.59 Å². The fourth-order valence-electron chi connectivity index (χ4n) is 4.01. The summed E-state index contributed by atoms with van der Waals surface area (Å²) in [6, 6.07) is 1.21. The van der Waals surface area contributed by atoms with Gasteiger partial charge in [-0.3, -0.25) is 4.57 Å². The first kappa shape index (κ1) is 23.5. The molecule has 1 saturated heterocycles. The van der Waals surface area contributed by atoms with E-state index in [1.807, 2.05) is 26.8 Å². The predicted molar refractivity (Wildman–Crippen MR) is 124 cm³/mol. The highest BCUT2D eigenvalue weighted by Gasteiger charge is 2.34. The SMILES string of the molecule is C[C@H](C(=O)OC(C)(C)C)N1CCc2cc(-c3nc(NC4CCOCC4)ncc3Cl)cn2C1=O. The number of carbonyl (C=O) groups excluding carboxylic acids is 2. The molecule has 2 aliphatic heterocycles. The van der Waals surface area contributed by atoms with Crippen LogP contribution in [0.3, 0.4) is 0 Å². The van der Waals surface area contributed by atoms with E-state index >= 15 is 0 Å². The number of halogens is 1. The minimum atomic E-state index is -0.686. The van der Waals surface area contributed by atoms with Crippen molar-refractivity contribution in [2.24, 2.45) is 0 Å². The van der Waals surface area contributed by atoms with Crippen LogP contribution in [0.4, 0.5) is 10.7 Å². The van der Waals surface area contributed by atoms with E-state index in [1.54, 1.807) is 23.9 Å². The summed E-state index contributed by atoms with van der Waals surface area (Å²) >= 11 is 6.42. The third kappa shape index (κ3) is 5.30. The number of nitrogens with one attached hydrogen (secondary N) is 1. The van der Waals surface area contributed by atoms with Gasteiger partial charge in [-0.2, -0.15) is 0 Å². The van der Waals surface area contributed by atoms with Gasteiger partial charge in [0.2, 0.25) is 5.95 Å². The van der Waals surface area contributed by atoms with E-state index in [0.717, 1.165) is 24.1 Å². The maximum absolute atomic E-state index is 13.2. The molecular formula is C23H30ClN5O4. The second-order valence-corrected chi connectivity index (χ2v) is 9.85. The number of ether oxygens (including phenoxy) is 2. The van der Waals surface area contributed by atoms with E-state index < -0.39 is 17.6 Å². The molecule has 4 rings (SSSR count). The minimum absolute atomic E-state index is 0.250. The molecule has 0 saturated carbocycles. The van der Waals surface area contributed by atoms with Crippen molar-refractivity contribution < 1.29 is 19.1 Å². The zero-order chi connectivity index (χ0) is 23.8. The van der Waals surface area contributed by atoms with Gasteiger partial charge in [0, 0.05) is 49.7 Å². The third-order valence-electron chi connectivity index (χ3n) is 5.75. The van der Waals surface area contributed by atoms with Gasteiger partial charge in [-0.1, -0.05) is 11.6 Å². The van der Waals surface area contributed by atoms with Crippen LogP contribution in [0.5, 0.6) is 0 Å². The topological polar surface area (TPSA) is 98.6 Å². The molecule has 178 valence electrons. The average Bonchev–Trinajstić information content (AvgIpc) is 3.19. The lowest BCUT2D eigenvalue weighted by Gasteiger charge is -2.33. The largest absolute Gasteiger partial charge is 0.458 e. The number of aromatic nitrogens is 3. The molecule has 9 nitrogen and oxygen atoms in total. The fourth-order valence-corrected chi connectivity index (χ4v) is 4.21. The quantitative estimate of drug-likeness (QED) is 0.657. The minimum Gasteiger partial charge on any atom is -0.458 e. The number of rotatable bonds is 5. The highest BCUT2D eigenvalue weighted by atomic mass is 35.5. The van der Waals surface area contributed by atoms with Crippen LogP contribution in [0.15, 0.2) is 18.5 Å². The number of nitrogens with zero attached hydrogens (tertiary/aromatic N) is 4. The molecule has 0 radical (unpaired) electrons. The van der Waals surface area contributed by atoms with Crippen molar-refractivity contribution in [1.29, 1.82) is 0 Å². The van der Waals surface area contributed by atoms with Gasteiger partial charge < -0.3 is 19.7 Å². The molecule has 2 aromatic heterocycles. The Kier molecular flexibility index (Phi) is 6.63. The lowest BCUT2D eigenvalue weighted by atomic mass is 10.1. The Morgan fingerprint density at radius 2 is 2.06 bits per heavy atom. The number of anilines is 1. The van der Waals surface area contributed by atoms with E-state index in [4.69, 9.17) is 21.1 Å². The van der Waals surface area contributed by atoms with Crippen LogP contribution in [0, 0.1) is 0 Å². The molecule has 0 aromatic carbocycles. The molecule has 10 heteroatoms. The third-order valence-corrected chi connectivity index (χ3v) is 6.02. The van der Waals surface area contributed by atoms with Crippen molar-refractivity contribution >= 4 is 29.5 Å². The van der Waals surface area contributed by atoms with Crippen molar-refractivity contribution in [1.82, 2.24) is 19.4 Å². The first-order chi connectivity index (χ1) is 15.6. The Hall–Kier alpha value is -2.65. The summed E-state index contributed by atoms with van der Waals surface area (Å²) in [5.74, 6) is 0.0753. The highest BCUT2D eigenvalue weighted by molar-refractivity contribution is 6.32. The zero-order valence-electron chi connectivity index (χ0n) is 19.4. The van der Waals surface area contributed by atoms with Crippen LogP contribution in [-0.4, -0.2) is 68.9 Å². The standard InChI is InChI=1S/C23H30ClN5O4/c1-14(20(30)33-23(2,3)4)28-8-5-17-11-15(13-29(17)22(28)31)19-18(24)12-25-21(27-19)26-16-6-9-32-10-7-16/h11-14,16H,5-10H2,1-4H3,(H,25,26,27)/t14-/m1/s1.